The number of rotatable bonds is 8. The van der Waals surface area contributed by atoms with Crippen molar-refractivity contribution in [3.63, 3.8) is 0 Å². The van der Waals surface area contributed by atoms with Crippen LogP contribution in [0.15, 0.2) is 91.0 Å². The van der Waals surface area contributed by atoms with Crippen LogP contribution in [-0.2, 0) is 19.4 Å². The molecule has 1 N–H and O–H groups in total. The molecule has 1 aliphatic rings. The summed E-state index contributed by atoms with van der Waals surface area (Å²) in [6.45, 7) is 2.10. The molecule has 2 amide bonds. The Balaban J connectivity index is 1.35. The first kappa shape index (κ1) is 24.6. The standard InChI is InChI=1S/C27H29N3O4S/c31-25(28-24-14-8-3-9-15-24)20-35(33,34)21-26(32)29-16-18-30(19-17-29)27(22-10-4-1-5-11-22)23-12-6-2-7-13-23/h1-15,27H,16-21H2,(H,28,31). The van der Waals surface area contributed by atoms with Crippen LogP contribution in [-0.4, -0.2) is 67.7 Å². The minimum Gasteiger partial charge on any atom is -0.339 e. The number of nitrogens with one attached hydrogen (secondary N) is 1. The lowest BCUT2D eigenvalue weighted by Gasteiger charge is -2.39. The molecule has 0 atom stereocenters. The van der Waals surface area contributed by atoms with Crippen LogP contribution in [0.25, 0.3) is 0 Å². The SMILES string of the molecule is O=C(CS(=O)(=O)CC(=O)N1CCN(C(c2ccccc2)c2ccccc2)CC1)Nc1ccccc1. The Hall–Kier alpha value is -3.49. The molecule has 3 aromatic rings. The van der Waals surface area contributed by atoms with Crippen molar-refractivity contribution in [1.29, 1.82) is 0 Å². The molecule has 0 unspecified atom stereocenters. The average molecular weight is 492 g/mol. The van der Waals surface area contributed by atoms with Crippen molar-refractivity contribution < 1.29 is 18.0 Å². The third kappa shape index (κ3) is 6.77. The number of carbonyl (C=O) groups is 2. The summed E-state index contributed by atoms with van der Waals surface area (Å²) in [7, 11) is -3.88. The fourth-order valence-corrected chi connectivity index (χ4v) is 5.50. The smallest absolute Gasteiger partial charge is 0.239 e. The third-order valence-corrected chi connectivity index (χ3v) is 7.40. The van der Waals surface area contributed by atoms with Gasteiger partial charge in [-0.1, -0.05) is 78.9 Å². The summed E-state index contributed by atoms with van der Waals surface area (Å²) in [6, 6.07) is 29.1. The van der Waals surface area contributed by atoms with Gasteiger partial charge in [-0.25, -0.2) is 8.42 Å². The molecule has 0 bridgehead atoms. The van der Waals surface area contributed by atoms with E-state index in [4.69, 9.17) is 0 Å². The number of anilines is 1. The van der Waals surface area contributed by atoms with Gasteiger partial charge in [-0.05, 0) is 23.3 Å². The average Bonchev–Trinajstić information content (AvgIpc) is 2.86. The number of piperazine rings is 1. The van der Waals surface area contributed by atoms with E-state index in [1.807, 2.05) is 36.4 Å². The summed E-state index contributed by atoms with van der Waals surface area (Å²) in [5, 5.41) is 2.55. The number of benzene rings is 3. The minimum atomic E-state index is -3.88. The fourth-order valence-electron chi connectivity index (χ4n) is 4.36. The third-order valence-electron chi connectivity index (χ3n) is 6.01. The zero-order valence-electron chi connectivity index (χ0n) is 19.4. The molecule has 0 aromatic heterocycles. The predicted molar refractivity (Wildman–Crippen MR) is 137 cm³/mol. The number of hydrogen-bond donors (Lipinski definition) is 1. The van der Waals surface area contributed by atoms with Gasteiger partial charge in [0.2, 0.25) is 11.8 Å². The Morgan fingerprint density at radius 1 is 0.714 bits per heavy atom. The van der Waals surface area contributed by atoms with E-state index in [0.717, 1.165) is 0 Å². The van der Waals surface area contributed by atoms with Crippen molar-refractivity contribution >= 4 is 27.3 Å². The number of amides is 2. The fraction of sp³-hybridized carbons (Fsp3) is 0.259. The molecular formula is C27H29N3O4S. The van der Waals surface area contributed by atoms with Crippen molar-refractivity contribution in [2.45, 2.75) is 6.04 Å². The van der Waals surface area contributed by atoms with Crippen molar-refractivity contribution in [3.05, 3.63) is 102 Å². The van der Waals surface area contributed by atoms with Crippen LogP contribution in [0, 0.1) is 0 Å². The van der Waals surface area contributed by atoms with E-state index in [-0.39, 0.29) is 6.04 Å². The van der Waals surface area contributed by atoms with Crippen LogP contribution in [0.3, 0.4) is 0 Å². The molecule has 3 aromatic carbocycles. The zero-order chi connectivity index (χ0) is 24.7. The maximum atomic E-state index is 12.8. The number of carbonyl (C=O) groups excluding carboxylic acids is 2. The van der Waals surface area contributed by atoms with Gasteiger partial charge in [0.25, 0.3) is 0 Å². The topological polar surface area (TPSA) is 86.8 Å². The van der Waals surface area contributed by atoms with Crippen LogP contribution in [0.5, 0.6) is 0 Å². The van der Waals surface area contributed by atoms with Gasteiger partial charge in [0.15, 0.2) is 9.84 Å². The van der Waals surface area contributed by atoms with Gasteiger partial charge < -0.3 is 10.2 Å². The predicted octanol–water partition coefficient (Wildman–Crippen LogP) is 2.97. The molecule has 0 saturated carbocycles. The molecule has 7 nitrogen and oxygen atoms in total. The van der Waals surface area contributed by atoms with E-state index >= 15 is 0 Å². The van der Waals surface area contributed by atoms with E-state index < -0.39 is 33.2 Å². The lowest BCUT2D eigenvalue weighted by atomic mass is 9.96. The van der Waals surface area contributed by atoms with Crippen LogP contribution in [0.4, 0.5) is 5.69 Å². The second-order valence-electron chi connectivity index (χ2n) is 8.59. The van der Waals surface area contributed by atoms with E-state index in [0.29, 0.717) is 31.9 Å². The Kier molecular flexibility index (Phi) is 7.94. The maximum Gasteiger partial charge on any atom is 0.239 e. The van der Waals surface area contributed by atoms with Crippen molar-refractivity contribution in [2.24, 2.45) is 0 Å². The maximum absolute atomic E-state index is 12.8. The van der Waals surface area contributed by atoms with Gasteiger partial charge in [-0.15, -0.1) is 0 Å². The van der Waals surface area contributed by atoms with Gasteiger partial charge in [-0.3, -0.25) is 14.5 Å². The Bertz CT molecular complexity index is 1190. The lowest BCUT2D eigenvalue weighted by Crippen LogP contribution is -2.51. The highest BCUT2D eigenvalue weighted by molar-refractivity contribution is 7.92. The molecule has 182 valence electrons. The highest BCUT2D eigenvalue weighted by atomic mass is 32.2. The molecule has 0 radical (unpaired) electrons. The summed E-state index contributed by atoms with van der Waals surface area (Å²) in [5.41, 5.74) is 2.86. The summed E-state index contributed by atoms with van der Waals surface area (Å²) in [5.74, 6) is -2.51. The molecule has 1 fully saturated rings. The van der Waals surface area contributed by atoms with E-state index in [1.165, 1.54) is 11.1 Å². The normalized spacial score (nSPS) is 14.6. The molecule has 0 spiro atoms. The Morgan fingerprint density at radius 3 is 1.71 bits per heavy atom. The zero-order valence-corrected chi connectivity index (χ0v) is 20.2. The van der Waals surface area contributed by atoms with E-state index in [2.05, 4.69) is 34.5 Å². The van der Waals surface area contributed by atoms with Crippen LogP contribution < -0.4 is 5.32 Å². The van der Waals surface area contributed by atoms with Crippen LogP contribution in [0.1, 0.15) is 17.2 Å². The molecule has 4 rings (SSSR count). The van der Waals surface area contributed by atoms with Crippen LogP contribution in [0.2, 0.25) is 0 Å². The molecule has 8 heteroatoms. The largest absolute Gasteiger partial charge is 0.339 e. The summed E-state index contributed by atoms with van der Waals surface area (Å²) in [4.78, 5) is 28.8. The highest BCUT2D eigenvalue weighted by Crippen LogP contribution is 2.29. The molecule has 0 aliphatic carbocycles. The van der Waals surface area contributed by atoms with Crippen molar-refractivity contribution in [3.8, 4) is 0 Å². The van der Waals surface area contributed by atoms with Gasteiger partial charge in [0.05, 0.1) is 6.04 Å². The summed E-state index contributed by atoms with van der Waals surface area (Å²) >= 11 is 0. The van der Waals surface area contributed by atoms with Gasteiger partial charge in [0, 0.05) is 31.9 Å². The van der Waals surface area contributed by atoms with Gasteiger partial charge >= 0.3 is 0 Å². The van der Waals surface area contributed by atoms with Crippen LogP contribution >= 0.6 is 0 Å². The number of nitrogens with zero attached hydrogens (tertiary/aromatic N) is 2. The number of para-hydroxylation sites is 1. The monoisotopic (exact) mass is 491 g/mol. The first-order valence-corrected chi connectivity index (χ1v) is 13.4. The van der Waals surface area contributed by atoms with Gasteiger partial charge in [-0.2, -0.15) is 0 Å². The van der Waals surface area contributed by atoms with E-state index in [1.54, 1.807) is 35.2 Å². The Labute approximate surface area is 206 Å². The number of sulfone groups is 1. The highest BCUT2D eigenvalue weighted by Gasteiger charge is 2.30. The first-order chi connectivity index (χ1) is 16.9. The second kappa shape index (κ2) is 11.3. The minimum absolute atomic E-state index is 0.0556. The molecule has 1 aliphatic heterocycles. The quantitative estimate of drug-likeness (QED) is 0.524. The molecular weight excluding hydrogens is 462 g/mol. The molecule has 35 heavy (non-hydrogen) atoms. The van der Waals surface area contributed by atoms with Gasteiger partial charge in [0.1, 0.15) is 11.5 Å². The lowest BCUT2D eigenvalue weighted by molar-refractivity contribution is -0.130. The number of hydrogen-bond acceptors (Lipinski definition) is 5. The second-order valence-corrected chi connectivity index (χ2v) is 10.7. The summed E-state index contributed by atoms with van der Waals surface area (Å²) in [6.07, 6.45) is 0. The van der Waals surface area contributed by atoms with Crippen molar-refractivity contribution in [2.75, 3.05) is 43.0 Å². The molecule has 1 saturated heterocycles. The summed E-state index contributed by atoms with van der Waals surface area (Å²) < 4.78 is 25.0. The van der Waals surface area contributed by atoms with Crippen molar-refractivity contribution in [1.82, 2.24) is 9.80 Å². The Morgan fingerprint density at radius 2 is 1.20 bits per heavy atom. The van der Waals surface area contributed by atoms with E-state index in [9.17, 15) is 18.0 Å². The first-order valence-electron chi connectivity index (χ1n) is 11.6. The molecule has 1 heterocycles.